The molecular weight excluding hydrogens is 320 g/mol. The van der Waals surface area contributed by atoms with Crippen LogP contribution in [0.5, 0.6) is 0 Å². The molecule has 0 aliphatic rings. The summed E-state index contributed by atoms with van der Waals surface area (Å²) in [6.45, 7) is 0. The molecule has 0 aliphatic carbocycles. The average Bonchev–Trinajstić information content (AvgIpc) is 2.32. The van der Waals surface area contributed by atoms with Crippen molar-refractivity contribution in [3.05, 3.63) is 45.0 Å². The summed E-state index contributed by atoms with van der Waals surface area (Å²) in [6.07, 6.45) is 1.65. The van der Waals surface area contributed by atoms with Crippen LogP contribution in [0, 0.1) is 10.1 Å². The molecule has 0 saturated heterocycles. The van der Waals surface area contributed by atoms with Crippen LogP contribution in [0.1, 0.15) is 0 Å². The van der Waals surface area contributed by atoms with E-state index in [4.69, 9.17) is 5.73 Å². The number of aromatic nitrogens is 2. The number of pyridine rings is 2. The van der Waals surface area contributed by atoms with Crippen molar-refractivity contribution in [3.8, 4) is 0 Å². The lowest BCUT2D eigenvalue weighted by atomic mass is 10.4. The Morgan fingerprint density at radius 3 is 2.78 bits per heavy atom. The van der Waals surface area contributed by atoms with Crippen molar-refractivity contribution >= 4 is 39.2 Å². The van der Waals surface area contributed by atoms with Crippen LogP contribution in [0.15, 0.2) is 45.0 Å². The molecule has 0 amide bonds. The lowest BCUT2D eigenvalue weighted by Gasteiger charge is -2.03. The van der Waals surface area contributed by atoms with Crippen LogP contribution in [-0.2, 0) is 0 Å². The van der Waals surface area contributed by atoms with Crippen LogP contribution in [0.2, 0.25) is 0 Å². The minimum atomic E-state index is -0.562. The Morgan fingerprint density at radius 1 is 1.39 bits per heavy atom. The Morgan fingerprint density at radius 2 is 2.17 bits per heavy atom. The molecule has 0 saturated carbocycles. The van der Waals surface area contributed by atoms with E-state index in [1.165, 1.54) is 17.8 Å². The van der Waals surface area contributed by atoms with Crippen LogP contribution in [-0.4, -0.2) is 14.9 Å². The summed E-state index contributed by atoms with van der Waals surface area (Å²) in [5.41, 5.74) is 5.32. The Labute approximate surface area is 115 Å². The number of nitrogen functional groups attached to an aromatic ring is 1. The number of halogens is 1. The maximum absolute atomic E-state index is 10.6. The van der Waals surface area contributed by atoms with E-state index < -0.39 is 4.92 Å². The first-order chi connectivity index (χ1) is 8.58. The monoisotopic (exact) mass is 326 g/mol. The van der Waals surface area contributed by atoms with Crippen molar-refractivity contribution in [2.75, 3.05) is 5.73 Å². The Hall–Kier alpha value is -1.67. The molecule has 18 heavy (non-hydrogen) atoms. The molecule has 2 N–H and O–H groups in total. The minimum Gasteiger partial charge on any atom is -0.378 e. The second kappa shape index (κ2) is 5.32. The molecule has 0 unspecified atom stereocenters. The Bertz CT molecular complexity index is 608. The quantitative estimate of drug-likeness (QED) is 0.688. The maximum Gasteiger partial charge on any atom is 0.311 e. The molecule has 0 radical (unpaired) electrons. The molecule has 92 valence electrons. The highest BCUT2D eigenvalue weighted by atomic mass is 79.9. The average molecular weight is 327 g/mol. The van der Waals surface area contributed by atoms with E-state index >= 15 is 0 Å². The largest absolute Gasteiger partial charge is 0.378 e. The second-order valence-electron chi connectivity index (χ2n) is 3.20. The van der Waals surface area contributed by atoms with Gasteiger partial charge in [-0.15, -0.1) is 0 Å². The molecule has 2 heterocycles. The fourth-order valence-corrected chi connectivity index (χ4v) is 2.46. The highest BCUT2D eigenvalue weighted by molar-refractivity contribution is 9.10. The van der Waals surface area contributed by atoms with Gasteiger partial charge >= 0.3 is 5.69 Å². The van der Waals surface area contributed by atoms with Crippen molar-refractivity contribution < 1.29 is 4.92 Å². The fourth-order valence-electron chi connectivity index (χ4n) is 1.21. The molecule has 0 atom stereocenters. The number of nitrogens with zero attached hydrogens (tertiary/aromatic N) is 3. The van der Waals surface area contributed by atoms with Gasteiger partial charge in [-0.1, -0.05) is 0 Å². The highest BCUT2D eigenvalue weighted by Crippen LogP contribution is 2.32. The molecule has 2 aromatic heterocycles. The van der Waals surface area contributed by atoms with Gasteiger partial charge in [-0.3, -0.25) is 10.1 Å². The van der Waals surface area contributed by atoms with Gasteiger partial charge in [-0.05, 0) is 45.9 Å². The number of hydrogen-bond acceptors (Lipinski definition) is 6. The molecule has 0 bridgehead atoms. The number of hydrogen-bond donors (Lipinski definition) is 1. The standard InChI is InChI=1S/C10H7BrN4O2S/c11-6-2-1-5-13-10(6)18-8-4-3-7(15(16)17)9(12)14-8/h1-5H,(H2,12,14). The highest BCUT2D eigenvalue weighted by Gasteiger charge is 2.14. The number of rotatable bonds is 3. The second-order valence-corrected chi connectivity index (χ2v) is 5.07. The first-order valence-electron chi connectivity index (χ1n) is 4.77. The molecule has 0 fully saturated rings. The van der Waals surface area contributed by atoms with E-state index in [0.29, 0.717) is 5.03 Å². The Balaban J connectivity index is 2.29. The van der Waals surface area contributed by atoms with E-state index in [1.807, 2.05) is 6.07 Å². The topological polar surface area (TPSA) is 94.9 Å². The molecule has 2 rings (SSSR count). The Kier molecular flexibility index (Phi) is 3.78. The van der Waals surface area contributed by atoms with Crippen molar-refractivity contribution in [2.45, 2.75) is 10.1 Å². The van der Waals surface area contributed by atoms with E-state index in [2.05, 4.69) is 25.9 Å². The summed E-state index contributed by atoms with van der Waals surface area (Å²) >= 11 is 4.64. The molecule has 0 aromatic carbocycles. The maximum atomic E-state index is 10.6. The van der Waals surface area contributed by atoms with Gasteiger partial charge in [-0.2, -0.15) is 0 Å². The number of nitrogens with two attached hydrogens (primary N) is 1. The third-order valence-corrected chi connectivity index (χ3v) is 3.86. The SMILES string of the molecule is Nc1nc(Sc2ncccc2Br)ccc1[N+](=O)[O-]. The molecular formula is C10H7BrN4O2S. The summed E-state index contributed by atoms with van der Waals surface area (Å²) in [6, 6.07) is 6.53. The van der Waals surface area contributed by atoms with Crippen LogP contribution >= 0.6 is 27.7 Å². The van der Waals surface area contributed by atoms with Crippen LogP contribution in [0.4, 0.5) is 11.5 Å². The van der Waals surface area contributed by atoms with Crippen LogP contribution < -0.4 is 5.73 Å². The van der Waals surface area contributed by atoms with Crippen molar-refractivity contribution in [3.63, 3.8) is 0 Å². The van der Waals surface area contributed by atoms with Gasteiger partial charge in [0.05, 0.1) is 9.40 Å². The minimum absolute atomic E-state index is 0.1000. The fraction of sp³-hybridized carbons (Fsp3) is 0. The van der Waals surface area contributed by atoms with Crippen LogP contribution in [0.25, 0.3) is 0 Å². The zero-order valence-electron chi connectivity index (χ0n) is 8.91. The van der Waals surface area contributed by atoms with Gasteiger partial charge in [0.1, 0.15) is 10.1 Å². The molecule has 2 aromatic rings. The zero-order chi connectivity index (χ0) is 13.1. The summed E-state index contributed by atoms with van der Waals surface area (Å²) in [5, 5.41) is 11.9. The summed E-state index contributed by atoms with van der Waals surface area (Å²) in [4.78, 5) is 18.2. The summed E-state index contributed by atoms with van der Waals surface area (Å²) < 4.78 is 0.828. The van der Waals surface area contributed by atoms with Crippen molar-refractivity contribution in [1.82, 2.24) is 9.97 Å². The predicted molar refractivity (Wildman–Crippen MR) is 71.4 cm³/mol. The smallest absolute Gasteiger partial charge is 0.311 e. The first kappa shape index (κ1) is 12.8. The van der Waals surface area contributed by atoms with Gasteiger partial charge in [0.2, 0.25) is 5.82 Å². The van der Waals surface area contributed by atoms with E-state index in [9.17, 15) is 10.1 Å². The number of nitro groups is 1. The third kappa shape index (κ3) is 2.77. The molecule has 0 spiro atoms. The van der Waals surface area contributed by atoms with Crippen molar-refractivity contribution in [2.24, 2.45) is 0 Å². The molecule has 6 nitrogen and oxygen atoms in total. The van der Waals surface area contributed by atoms with Gasteiger partial charge < -0.3 is 5.73 Å². The summed E-state index contributed by atoms with van der Waals surface area (Å²) in [7, 11) is 0. The first-order valence-corrected chi connectivity index (χ1v) is 6.38. The lowest BCUT2D eigenvalue weighted by Crippen LogP contribution is -1.98. The molecule has 0 aliphatic heterocycles. The van der Waals surface area contributed by atoms with Crippen molar-refractivity contribution in [1.29, 1.82) is 0 Å². The normalized spacial score (nSPS) is 10.3. The predicted octanol–water partition coefficient (Wildman–Crippen LogP) is 2.88. The van der Waals surface area contributed by atoms with Gasteiger partial charge in [0, 0.05) is 12.3 Å². The van der Waals surface area contributed by atoms with E-state index in [0.717, 1.165) is 9.50 Å². The van der Waals surface area contributed by atoms with Gasteiger partial charge in [-0.25, -0.2) is 9.97 Å². The van der Waals surface area contributed by atoms with Gasteiger partial charge in [0.15, 0.2) is 0 Å². The third-order valence-electron chi connectivity index (χ3n) is 2.00. The summed E-state index contributed by atoms with van der Waals surface area (Å²) in [5.74, 6) is -0.1000. The zero-order valence-corrected chi connectivity index (χ0v) is 11.3. The van der Waals surface area contributed by atoms with E-state index in [1.54, 1.807) is 18.3 Å². The van der Waals surface area contributed by atoms with Crippen LogP contribution in [0.3, 0.4) is 0 Å². The van der Waals surface area contributed by atoms with E-state index in [-0.39, 0.29) is 11.5 Å². The number of anilines is 1. The molecule has 8 heteroatoms. The lowest BCUT2D eigenvalue weighted by molar-refractivity contribution is -0.384. The van der Waals surface area contributed by atoms with Gasteiger partial charge in [0.25, 0.3) is 0 Å².